The van der Waals surface area contributed by atoms with E-state index < -0.39 is 11.9 Å². The van der Waals surface area contributed by atoms with Gasteiger partial charge in [-0.25, -0.2) is 14.6 Å². The smallest absolute Gasteiger partial charge is 0.356 e. The molecule has 108 valence electrons. The molecule has 0 saturated carbocycles. The third-order valence-electron chi connectivity index (χ3n) is 2.83. The first kappa shape index (κ1) is 14.5. The molecule has 0 aliphatic heterocycles. The van der Waals surface area contributed by atoms with Gasteiger partial charge in [-0.15, -0.1) is 0 Å². The summed E-state index contributed by atoms with van der Waals surface area (Å²) in [5.74, 6) is -1.47. The first-order chi connectivity index (χ1) is 10.1. The Kier molecular flexibility index (Phi) is 4.50. The summed E-state index contributed by atoms with van der Waals surface area (Å²) < 4.78 is 4.60. The Morgan fingerprint density at radius 3 is 2.81 bits per heavy atom. The van der Waals surface area contributed by atoms with Gasteiger partial charge in [0.05, 0.1) is 12.7 Å². The fourth-order valence-electron chi connectivity index (χ4n) is 1.78. The monoisotopic (exact) mass is 286 g/mol. The molecular weight excluding hydrogens is 272 g/mol. The number of carboxylic acid groups (broad SMARTS) is 1. The third-order valence-corrected chi connectivity index (χ3v) is 2.83. The van der Waals surface area contributed by atoms with Crippen molar-refractivity contribution in [2.75, 3.05) is 12.4 Å². The van der Waals surface area contributed by atoms with Gasteiger partial charge in [0.25, 0.3) is 0 Å². The predicted molar refractivity (Wildman–Crippen MR) is 76.3 cm³/mol. The van der Waals surface area contributed by atoms with Crippen LogP contribution in [0.2, 0.25) is 0 Å². The Labute approximate surface area is 121 Å². The number of pyridine rings is 1. The van der Waals surface area contributed by atoms with Crippen molar-refractivity contribution in [2.24, 2.45) is 0 Å². The van der Waals surface area contributed by atoms with Crippen LogP contribution < -0.4 is 5.32 Å². The minimum absolute atomic E-state index is 0.210. The summed E-state index contributed by atoms with van der Waals surface area (Å²) in [5, 5.41) is 12.0. The second-order valence-electron chi connectivity index (χ2n) is 4.28. The highest BCUT2D eigenvalue weighted by Gasteiger charge is 2.07. The maximum Gasteiger partial charge on any atom is 0.356 e. The van der Waals surface area contributed by atoms with Gasteiger partial charge in [-0.2, -0.15) is 0 Å². The molecule has 0 fully saturated rings. The van der Waals surface area contributed by atoms with E-state index in [4.69, 9.17) is 5.11 Å². The van der Waals surface area contributed by atoms with E-state index in [-0.39, 0.29) is 11.3 Å². The molecule has 2 N–H and O–H groups in total. The van der Waals surface area contributed by atoms with E-state index in [1.165, 1.54) is 19.4 Å². The normalized spacial score (nSPS) is 9.95. The Balaban J connectivity index is 2.08. The number of aromatic nitrogens is 1. The van der Waals surface area contributed by atoms with Crippen LogP contribution in [0, 0.1) is 0 Å². The lowest BCUT2D eigenvalue weighted by atomic mass is 10.1. The molecule has 1 aromatic carbocycles. The van der Waals surface area contributed by atoms with Crippen molar-refractivity contribution in [3.8, 4) is 0 Å². The average Bonchev–Trinajstić information content (AvgIpc) is 2.52. The number of carbonyl (C=O) groups excluding carboxylic acids is 1. The van der Waals surface area contributed by atoms with Crippen molar-refractivity contribution >= 4 is 17.6 Å². The molecule has 2 aromatic rings. The number of carbonyl (C=O) groups is 2. The summed E-state index contributed by atoms with van der Waals surface area (Å²) >= 11 is 0. The number of nitrogens with zero attached hydrogens (tertiary/aromatic N) is 1. The maximum atomic E-state index is 11.4. The molecule has 0 aliphatic carbocycles. The Hall–Kier alpha value is -2.89. The molecule has 0 amide bonds. The van der Waals surface area contributed by atoms with Crippen LogP contribution in [-0.4, -0.2) is 29.1 Å². The summed E-state index contributed by atoms with van der Waals surface area (Å²) in [6, 6.07) is 9.93. The molecule has 0 saturated heterocycles. The van der Waals surface area contributed by atoms with E-state index in [1.807, 2.05) is 6.07 Å². The van der Waals surface area contributed by atoms with E-state index in [9.17, 15) is 9.59 Å². The van der Waals surface area contributed by atoms with Crippen LogP contribution in [-0.2, 0) is 11.3 Å². The molecule has 1 heterocycles. The molecule has 6 heteroatoms. The molecule has 2 rings (SSSR count). The van der Waals surface area contributed by atoms with Crippen LogP contribution in [0.1, 0.15) is 26.4 Å². The van der Waals surface area contributed by atoms with E-state index >= 15 is 0 Å². The minimum atomic E-state index is -0.964. The molecule has 6 nitrogen and oxygen atoms in total. The predicted octanol–water partition coefficient (Wildman–Crippen LogP) is 2.18. The molecule has 0 atom stereocenters. The van der Waals surface area contributed by atoms with Crippen molar-refractivity contribution in [2.45, 2.75) is 6.54 Å². The number of benzene rings is 1. The van der Waals surface area contributed by atoms with Crippen LogP contribution >= 0.6 is 0 Å². The van der Waals surface area contributed by atoms with Gasteiger partial charge in [0.15, 0.2) is 0 Å². The number of anilines is 1. The molecule has 0 unspecified atom stereocenters. The lowest BCUT2D eigenvalue weighted by Gasteiger charge is -2.08. The highest BCUT2D eigenvalue weighted by Crippen LogP contribution is 2.12. The molecule has 21 heavy (non-hydrogen) atoms. The highest BCUT2D eigenvalue weighted by atomic mass is 16.5. The number of rotatable bonds is 5. The number of aromatic carboxylic acids is 1. The van der Waals surface area contributed by atoms with Crippen molar-refractivity contribution < 1.29 is 19.4 Å². The number of nitrogens with one attached hydrogen (secondary N) is 1. The molecule has 0 radical (unpaired) electrons. The van der Waals surface area contributed by atoms with E-state index in [1.54, 1.807) is 24.3 Å². The van der Waals surface area contributed by atoms with E-state index in [0.717, 1.165) is 5.56 Å². The van der Waals surface area contributed by atoms with Gasteiger partial charge in [-0.1, -0.05) is 12.1 Å². The maximum absolute atomic E-state index is 11.4. The van der Waals surface area contributed by atoms with Gasteiger partial charge in [0.1, 0.15) is 5.69 Å². The zero-order chi connectivity index (χ0) is 15.2. The Morgan fingerprint density at radius 2 is 2.10 bits per heavy atom. The van der Waals surface area contributed by atoms with Crippen molar-refractivity contribution in [1.29, 1.82) is 0 Å². The topological polar surface area (TPSA) is 88.5 Å². The van der Waals surface area contributed by atoms with Crippen LogP contribution in [0.5, 0.6) is 0 Å². The minimum Gasteiger partial charge on any atom is -0.478 e. The quantitative estimate of drug-likeness (QED) is 0.819. The molecule has 0 spiro atoms. The second-order valence-corrected chi connectivity index (χ2v) is 4.28. The highest BCUT2D eigenvalue weighted by molar-refractivity contribution is 5.88. The summed E-state index contributed by atoms with van der Waals surface area (Å²) in [6.45, 7) is 0.436. The summed E-state index contributed by atoms with van der Waals surface area (Å²) in [7, 11) is 1.29. The van der Waals surface area contributed by atoms with E-state index in [2.05, 4.69) is 15.0 Å². The van der Waals surface area contributed by atoms with Crippen LogP contribution in [0.4, 0.5) is 5.69 Å². The zero-order valence-corrected chi connectivity index (χ0v) is 11.4. The third kappa shape index (κ3) is 3.79. The van der Waals surface area contributed by atoms with Gasteiger partial charge >= 0.3 is 11.9 Å². The number of esters is 1. The summed E-state index contributed by atoms with van der Waals surface area (Å²) in [6.07, 6.45) is 1.50. The Morgan fingerprint density at radius 1 is 1.29 bits per heavy atom. The SMILES string of the molecule is COC(=O)c1cc(NCc2cccc(C(=O)O)c2)ccn1. The van der Waals surface area contributed by atoms with Crippen molar-refractivity contribution in [1.82, 2.24) is 4.98 Å². The van der Waals surface area contributed by atoms with E-state index in [0.29, 0.717) is 12.2 Å². The zero-order valence-electron chi connectivity index (χ0n) is 11.4. The van der Waals surface area contributed by atoms with Gasteiger partial charge in [-0.05, 0) is 29.8 Å². The molecule has 0 aliphatic rings. The number of methoxy groups -OCH3 is 1. The van der Waals surface area contributed by atoms with Gasteiger partial charge < -0.3 is 15.2 Å². The largest absolute Gasteiger partial charge is 0.478 e. The number of hydrogen-bond donors (Lipinski definition) is 2. The lowest BCUT2D eigenvalue weighted by molar-refractivity contribution is 0.0593. The molecule has 1 aromatic heterocycles. The first-order valence-electron chi connectivity index (χ1n) is 6.20. The number of carboxylic acids is 1. The fourth-order valence-corrected chi connectivity index (χ4v) is 1.78. The average molecular weight is 286 g/mol. The van der Waals surface area contributed by atoms with Crippen LogP contribution in [0.3, 0.4) is 0 Å². The fraction of sp³-hybridized carbons (Fsp3) is 0.133. The second kappa shape index (κ2) is 6.51. The van der Waals surface area contributed by atoms with Gasteiger partial charge in [0, 0.05) is 18.4 Å². The molecular formula is C15H14N2O4. The number of ether oxygens (including phenoxy) is 1. The Bertz CT molecular complexity index is 670. The van der Waals surface area contributed by atoms with Crippen LogP contribution in [0.25, 0.3) is 0 Å². The summed E-state index contributed by atoms with van der Waals surface area (Å²) in [4.78, 5) is 26.2. The van der Waals surface area contributed by atoms with Crippen molar-refractivity contribution in [3.05, 3.63) is 59.4 Å². The lowest BCUT2D eigenvalue weighted by Crippen LogP contribution is -2.06. The summed E-state index contributed by atoms with van der Waals surface area (Å²) in [5.41, 5.74) is 1.97. The molecule has 0 bridgehead atoms. The first-order valence-corrected chi connectivity index (χ1v) is 6.20. The number of hydrogen-bond acceptors (Lipinski definition) is 5. The van der Waals surface area contributed by atoms with Gasteiger partial charge in [-0.3, -0.25) is 0 Å². The van der Waals surface area contributed by atoms with Gasteiger partial charge in [0.2, 0.25) is 0 Å². The van der Waals surface area contributed by atoms with Crippen LogP contribution in [0.15, 0.2) is 42.6 Å². The standard InChI is InChI=1S/C15H14N2O4/c1-21-15(20)13-8-12(5-6-16-13)17-9-10-3-2-4-11(7-10)14(18)19/h2-8H,9H2,1H3,(H,16,17)(H,18,19). The van der Waals surface area contributed by atoms with Crippen molar-refractivity contribution in [3.63, 3.8) is 0 Å².